The minimum atomic E-state index is 0.803. The molecule has 0 bridgehead atoms. The van der Waals surface area contributed by atoms with E-state index >= 15 is 0 Å². The SMILES string of the molecule is Cc1ccc(/C=N\Nc2nc(-c3cccs3)cs2)cc1. The molecule has 0 radical (unpaired) electrons. The fraction of sp³-hybridized carbons (Fsp3) is 0.0667. The Kier molecular flexibility index (Phi) is 3.90. The monoisotopic (exact) mass is 299 g/mol. The Morgan fingerprint density at radius 3 is 2.75 bits per heavy atom. The molecule has 0 amide bonds. The van der Waals surface area contributed by atoms with Gasteiger partial charge < -0.3 is 0 Å². The molecule has 0 aliphatic heterocycles. The van der Waals surface area contributed by atoms with E-state index in [1.807, 2.05) is 23.6 Å². The molecule has 1 aromatic carbocycles. The molecule has 100 valence electrons. The molecule has 3 rings (SSSR count). The number of hydrazone groups is 1. The second-order valence-corrected chi connectivity index (χ2v) is 6.10. The van der Waals surface area contributed by atoms with Crippen molar-refractivity contribution in [2.45, 2.75) is 6.92 Å². The van der Waals surface area contributed by atoms with E-state index < -0.39 is 0 Å². The van der Waals surface area contributed by atoms with E-state index in [0.29, 0.717) is 0 Å². The van der Waals surface area contributed by atoms with E-state index in [0.717, 1.165) is 16.4 Å². The van der Waals surface area contributed by atoms with Crippen molar-refractivity contribution in [3.8, 4) is 10.6 Å². The number of nitrogens with zero attached hydrogens (tertiary/aromatic N) is 2. The number of hydrogen-bond donors (Lipinski definition) is 1. The highest BCUT2D eigenvalue weighted by atomic mass is 32.1. The molecule has 0 fully saturated rings. The van der Waals surface area contributed by atoms with Crippen LogP contribution in [0.3, 0.4) is 0 Å². The zero-order valence-corrected chi connectivity index (χ0v) is 12.5. The average molecular weight is 299 g/mol. The number of anilines is 1. The van der Waals surface area contributed by atoms with Crippen molar-refractivity contribution in [1.29, 1.82) is 0 Å². The second-order valence-electron chi connectivity index (χ2n) is 4.30. The van der Waals surface area contributed by atoms with Gasteiger partial charge in [0.25, 0.3) is 0 Å². The van der Waals surface area contributed by atoms with Crippen LogP contribution in [0.4, 0.5) is 5.13 Å². The average Bonchev–Trinajstić information content (AvgIpc) is 3.11. The molecule has 5 heteroatoms. The van der Waals surface area contributed by atoms with Gasteiger partial charge in [-0.25, -0.2) is 4.98 Å². The Hall–Kier alpha value is -1.98. The first kappa shape index (κ1) is 13.0. The van der Waals surface area contributed by atoms with Crippen LogP contribution in [0.25, 0.3) is 10.6 Å². The second kappa shape index (κ2) is 5.98. The number of thiophene rings is 1. The molecule has 0 atom stereocenters. The van der Waals surface area contributed by atoms with Gasteiger partial charge in [0.15, 0.2) is 0 Å². The topological polar surface area (TPSA) is 37.3 Å². The predicted octanol–water partition coefficient (Wildman–Crippen LogP) is 4.63. The summed E-state index contributed by atoms with van der Waals surface area (Å²) in [4.78, 5) is 5.68. The summed E-state index contributed by atoms with van der Waals surface area (Å²) in [6.07, 6.45) is 1.80. The summed E-state index contributed by atoms with van der Waals surface area (Å²) in [6, 6.07) is 12.3. The normalized spacial score (nSPS) is 11.1. The number of hydrogen-bond acceptors (Lipinski definition) is 5. The van der Waals surface area contributed by atoms with Gasteiger partial charge in [0, 0.05) is 5.38 Å². The quantitative estimate of drug-likeness (QED) is 0.563. The summed E-state index contributed by atoms with van der Waals surface area (Å²) in [6.45, 7) is 2.07. The third kappa shape index (κ3) is 3.12. The van der Waals surface area contributed by atoms with Crippen molar-refractivity contribution < 1.29 is 0 Å². The number of rotatable bonds is 4. The van der Waals surface area contributed by atoms with E-state index in [4.69, 9.17) is 0 Å². The Labute approximate surface area is 125 Å². The van der Waals surface area contributed by atoms with Crippen molar-refractivity contribution in [3.05, 3.63) is 58.3 Å². The van der Waals surface area contributed by atoms with Crippen LogP contribution in [-0.2, 0) is 0 Å². The molecule has 2 aromatic heterocycles. The largest absolute Gasteiger partial charge is 0.253 e. The number of aromatic nitrogens is 1. The summed E-state index contributed by atoms with van der Waals surface area (Å²) >= 11 is 3.25. The molecule has 1 N–H and O–H groups in total. The maximum Gasteiger partial charge on any atom is 0.203 e. The molecule has 0 aliphatic rings. The highest BCUT2D eigenvalue weighted by Gasteiger charge is 2.03. The Morgan fingerprint density at radius 1 is 1.15 bits per heavy atom. The third-order valence-electron chi connectivity index (χ3n) is 2.73. The van der Waals surface area contributed by atoms with Gasteiger partial charge in [0.2, 0.25) is 5.13 Å². The molecule has 0 aliphatic carbocycles. The van der Waals surface area contributed by atoms with Gasteiger partial charge in [0.1, 0.15) is 0 Å². The Morgan fingerprint density at radius 2 is 2.00 bits per heavy atom. The molecule has 2 heterocycles. The summed E-state index contributed by atoms with van der Waals surface area (Å²) < 4.78 is 0. The highest BCUT2D eigenvalue weighted by molar-refractivity contribution is 7.15. The van der Waals surface area contributed by atoms with E-state index in [-0.39, 0.29) is 0 Å². The standard InChI is InChI=1S/C15H13N3S2/c1-11-4-6-12(7-5-11)9-16-18-15-17-13(10-20-15)14-3-2-8-19-14/h2-10H,1H3,(H,17,18)/b16-9-. The number of benzene rings is 1. The van der Waals surface area contributed by atoms with Gasteiger partial charge in [-0.3, -0.25) is 5.43 Å². The summed E-state index contributed by atoms with van der Waals surface area (Å²) in [5.74, 6) is 0. The Balaban J connectivity index is 1.65. The van der Waals surface area contributed by atoms with Gasteiger partial charge >= 0.3 is 0 Å². The molecular weight excluding hydrogens is 286 g/mol. The van der Waals surface area contributed by atoms with E-state index in [9.17, 15) is 0 Å². The van der Waals surface area contributed by atoms with Gasteiger partial charge in [-0.05, 0) is 23.9 Å². The lowest BCUT2D eigenvalue weighted by Gasteiger charge is -1.95. The summed E-state index contributed by atoms with van der Waals surface area (Å²) in [5, 5.41) is 9.11. The lowest BCUT2D eigenvalue weighted by Crippen LogP contribution is -1.90. The molecule has 3 nitrogen and oxygen atoms in total. The Bertz CT molecular complexity index is 697. The van der Waals surface area contributed by atoms with Crippen LogP contribution in [-0.4, -0.2) is 11.2 Å². The number of thiazole rings is 1. The zero-order valence-electron chi connectivity index (χ0n) is 10.9. The van der Waals surface area contributed by atoms with Crippen molar-refractivity contribution in [1.82, 2.24) is 4.98 Å². The van der Waals surface area contributed by atoms with Crippen LogP contribution in [0.2, 0.25) is 0 Å². The minimum absolute atomic E-state index is 0.803. The van der Waals surface area contributed by atoms with E-state index in [1.54, 1.807) is 28.9 Å². The minimum Gasteiger partial charge on any atom is -0.253 e. The summed E-state index contributed by atoms with van der Waals surface area (Å²) in [5.41, 5.74) is 6.28. The van der Waals surface area contributed by atoms with Gasteiger partial charge in [0.05, 0.1) is 16.8 Å². The highest BCUT2D eigenvalue weighted by Crippen LogP contribution is 2.28. The van der Waals surface area contributed by atoms with Crippen LogP contribution in [0, 0.1) is 6.92 Å². The molecular formula is C15H13N3S2. The molecule has 0 saturated carbocycles. The van der Waals surface area contributed by atoms with Gasteiger partial charge in [-0.1, -0.05) is 35.9 Å². The maximum atomic E-state index is 4.50. The zero-order chi connectivity index (χ0) is 13.8. The van der Waals surface area contributed by atoms with Crippen molar-refractivity contribution >= 4 is 34.0 Å². The molecule has 0 spiro atoms. The first-order valence-corrected chi connectivity index (χ1v) is 7.92. The molecule has 3 aromatic rings. The lowest BCUT2D eigenvalue weighted by atomic mass is 10.2. The predicted molar refractivity (Wildman–Crippen MR) is 87.8 cm³/mol. The van der Waals surface area contributed by atoms with Crippen LogP contribution < -0.4 is 5.43 Å². The van der Waals surface area contributed by atoms with Crippen LogP contribution >= 0.6 is 22.7 Å². The van der Waals surface area contributed by atoms with Crippen LogP contribution in [0.1, 0.15) is 11.1 Å². The smallest absolute Gasteiger partial charge is 0.203 e. The maximum absolute atomic E-state index is 4.50. The molecule has 0 saturated heterocycles. The van der Waals surface area contributed by atoms with Crippen LogP contribution in [0.5, 0.6) is 0 Å². The molecule has 0 unspecified atom stereocenters. The van der Waals surface area contributed by atoms with Crippen LogP contribution in [0.15, 0.2) is 52.3 Å². The van der Waals surface area contributed by atoms with E-state index in [2.05, 4.69) is 46.0 Å². The molecule has 20 heavy (non-hydrogen) atoms. The van der Waals surface area contributed by atoms with Crippen molar-refractivity contribution in [3.63, 3.8) is 0 Å². The number of aryl methyl sites for hydroxylation is 1. The first-order valence-electron chi connectivity index (χ1n) is 6.16. The third-order valence-corrected chi connectivity index (χ3v) is 4.37. The van der Waals surface area contributed by atoms with Gasteiger partial charge in [-0.2, -0.15) is 5.10 Å². The number of nitrogens with one attached hydrogen (secondary N) is 1. The van der Waals surface area contributed by atoms with Crippen molar-refractivity contribution in [2.75, 3.05) is 5.43 Å². The lowest BCUT2D eigenvalue weighted by molar-refractivity contribution is 1.29. The fourth-order valence-corrected chi connectivity index (χ4v) is 3.10. The fourth-order valence-electron chi connectivity index (χ4n) is 1.68. The van der Waals surface area contributed by atoms with Crippen molar-refractivity contribution in [2.24, 2.45) is 5.10 Å². The van der Waals surface area contributed by atoms with E-state index in [1.165, 1.54) is 10.4 Å². The van der Waals surface area contributed by atoms with Gasteiger partial charge in [-0.15, -0.1) is 22.7 Å². The summed E-state index contributed by atoms with van der Waals surface area (Å²) in [7, 11) is 0. The first-order chi connectivity index (χ1) is 9.81.